The summed E-state index contributed by atoms with van der Waals surface area (Å²) in [5.74, 6) is 0. The first kappa shape index (κ1) is 32.9. The Balaban J connectivity index is 1.49. The van der Waals surface area contributed by atoms with E-state index in [9.17, 15) is 0 Å². The first-order chi connectivity index (χ1) is 23.0. The van der Waals surface area contributed by atoms with Crippen molar-refractivity contribution in [1.29, 1.82) is 0 Å². The SMILES string of the molecule is C=C/C=C(/C)C1(/C(C)=C\C=C/N)C2=C(/C=C\C=C/C(C(=C/Cc3ccc(C4=CC=CCC4)cc3)/N=C)=C\C=C\C=C\2)c2ccccc21. The van der Waals surface area contributed by atoms with Crippen LogP contribution in [0.2, 0.25) is 0 Å². The molecular weight excluding hydrogens is 569 g/mol. The summed E-state index contributed by atoms with van der Waals surface area (Å²) in [5, 5.41) is 0. The second-order valence-electron chi connectivity index (χ2n) is 11.8. The highest BCUT2D eigenvalue weighted by molar-refractivity contribution is 5.91. The molecule has 0 spiro atoms. The van der Waals surface area contributed by atoms with Crippen molar-refractivity contribution in [3.8, 4) is 0 Å². The molecule has 0 saturated heterocycles. The molecule has 2 N–H and O–H groups in total. The highest BCUT2D eigenvalue weighted by Gasteiger charge is 2.45. The molecule has 3 aliphatic rings. The predicted octanol–water partition coefficient (Wildman–Crippen LogP) is 11.0. The van der Waals surface area contributed by atoms with Crippen molar-refractivity contribution in [2.45, 2.75) is 38.5 Å². The van der Waals surface area contributed by atoms with E-state index in [1.807, 2.05) is 12.2 Å². The van der Waals surface area contributed by atoms with Gasteiger partial charge in [-0.05, 0) is 96.6 Å². The predicted molar refractivity (Wildman–Crippen MR) is 205 cm³/mol. The maximum atomic E-state index is 5.78. The number of benzene rings is 2. The van der Waals surface area contributed by atoms with Crippen LogP contribution in [-0.4, -0.2) is 6.72 Å². The fourth-order valence-electron chi connectivity index (χ4n) is 6.82. The normalized spacial score (nSPS) is 23.8. The molecule has 2 aromatic rings. The van der Waals surface area contributed by atoms with Gasteiger partial charge in [-0.2, -0.15) is 0 Å². The van der Waals surface area contributed by atoms with Gasteiger partial charge in [-0.3, -0.25) is 4.99 Å². The molecule has 0 aliphatic heterocycles. The summed E-state index contributed by atoms with van der Waals surface area (Å²) in [6, 6.07) is 17.6. The maximum absolute atomic E-state index is 5.78. The van der Waals surface area contributed by atoms with E-state index in [4.69, 9.17) is 5.73 Å². The second kappa shape index (κ2) is 15.7. The van der Waals surface area contributed by atoms with Gasteiger partial charge in [0, 0.05) is 0 Å². The summed E-state index contributed by atoms with van der Waals surface area (Å²) < 4.78 is 0. The van der Waals surface area contributed by atoms with E-state index >= 15 is 0 Å². The van der Waals surface area contributed by atoms with Crippen LogP contribution in [0.1, 0.15) is 48.9 Å². The third-order valence-corrected chi connectivity index (χ3v) is 9.07. The van der Waals surface area contributed by atoms with Gasteiger partial charge in [0.05, 0.1) is 11.1 Å². The Morgan fingerprint density at radius 3 is 2.38 bits per heavy atom. The van der Waals surface area contributed by atoms with Crippen LogP contribution in [-0.2, 0) is 11.8 Å². The monoisotopic (exact) mass is 612 g/mol. The lowest BCUT2D eigenvalue weighted by molar-refractivity contribution is 0.720. The molecule has 1 atom stereocenters. The van der Waals surface area contributed by atoms with E-state index in [-0.39, 0.29) is 0 Å². The molecule has 0 amide bonds. The molecule has 2 aromatic carbocycles. The molecule has 3 aliphatic carbocycles. The van der Waals surface area contributed by atoms with E-state index in [0.29, 0.717) is 0 Å². The van der Waals surface area contributed by atoms with Crippen LogP contribution in [0.25, 0.3) is 11.1 Å². The zero-order chi connectivity index (χ0) is 33.1. The molecular formula is C45H44N2. The molecule has 0 fully saturated rings. The third-order valence-electron chi connectivity index (χ3n) is 9.07. The first-order valence-electron chi connectivity index (χ1n) is 16.3. The Bertz CT molecular complexity index is 1880. The van der Waals surface area contributed by atoms with Gasteiger partial charge in [-0.15, -0.1) is 0 Å². The highest BCUT2D eigenvalue weighted by Crippen LogP contribution is 2.55. The fraction of sp³-hybridized carbons (Fsp3) is 0.133. The molecule has 234 valence electrons. The summed E-state index contributed by atoms with van der Waals surface area (Å²) in [5.41, 5.74) is 18.3. The van der Waals surface area contributed by atoms with Crippen LogP contribution >= 0.6 is 0 Å². The summed E-state index contributed by atoms with van der Waals surface area (Å²) in [4.78, 5) is 4.42. The van der Waals surface area contributed by atoms with Gasteiger partial charge < -0.3 is 5.73 Å². The van der Waals surface area contributed by atoms with Gasteiger partial charge >= 0.3 is 0 Å². The van der Waals surface area contributed by atoms with Crippen LogP contribution in [0.4, 0.5) is 0 Å². The number of allylic oxidation sites excluding steroid dienone is 22. The summed E-state index contributed by atoms with van der Waals surface area (Å²) >= 11 is 0. The molecule has 0 bridgehead atoms. The van der Waals surface area contributed by atoms with Crippen molar-refractivity contribution in [2.24, 2.45) is 10.7 Å². The lowest BCUT2D eigenvalue weighted by Crippen LogP contribution is -2.29. The van der Waals surface area contributed by atoms with Crippen LogP contribution < -0.4 is 5.73 Å². The van der Waals surface area contributed by atoms with Crippen LogP contribution in [0, 0.1) is 0 Å². The number of rotatable bonds is 9. The summed E-state index contributed by atoms with van der Waals surface area (Å²) in [6.45, 7) is 12.3. The van der Waals surface area contributed by atoms with E-state index in [1.54, 1.807) is 6.20 Å². The van der Waals surface area contributed by atoms with Crippen LogP contribution in [0.15, 0.2) is 198 Å². The number of hydrogen-bond donors (Lipinski definition) is 1. The molecule has 0 heterocycles. The maximum Gasteiger partial charge on any atom is 0.0658 e. The van der Waals surface area contributed by atoms with Gasteiger partial charge in [0.15, 0.2) is 0 Å². The minimum Gasteiger partial charge on any atom is -0.405 e. The second-order valence-corrected chi connectivity index (χ2v) is 11.8. The van der Waals surface area contributed by atoms with Crippen molar-refractivity contribution >= 4 is 17.9 Å². The quantitative estimate of drug-likeness (QED) is 0.222. The van der Waals surface area contributed by atoms with Gasteiger partial charge in [0.1, 0.15) is 0 Å². The van der Waals surface area contributed by atoms with Crippen molar-refractivity contribution < 1.29 is 0 Å². The Labute approximate surface area is 281 Å². The van der Waals surface area contributed by atoms with Gasteiger partial charge in [0.2, 0.25) is 0 Å². The topological polar surface area (TPSA) is 38.4 Å². The smallest absolute Gasteiger partial charge is 0.0658 e. The first-order valence-corrected chi connectivity index (χ1v) is 16.3. The largest absolute Gasteiger partial charge is 0.405 e. The average molecular weight is 613 g/mol. The molecule has 0 aromatic heterocycles. The van der Waals surface area contributed by atoms with Crippen LogP contribution in [0.5, 0.6) is 0 Å². The molecule has 0 saturated carbocycles. The number of hydrogen-bond acceptors (Lipinski definition) is 2. The lowest BCUT2D eigenvalue weighted by Gasteiger charge is -2.36. The molecule has 5 rings (SSSR count). The van der Waals surface area contributed by atoms with Crippen molar-refractivity contribution in [3.05, 3.63) is 215 Å². The third kappa shape index (κ3) is 7.03. The van der Waals surface area contributed by atoms with Gasteiger partial charge in [-0.1, -0.05) is 163 Å². The molecule has 47 heavy (non-hydrogen) atoms. The minimum absolute atomic E-state index is 0.464. The van der Waals surface area contributed by atoms with Gasteiger partial charge in [-0.25, -0.2) is 0 Å². The fourth-order valence-corrected chi connectivity index (χ4v) is 6.82. The van der Waals surface area contributed by atoms with Crippen LogP contribution in [0.3, 0.4) is 0 Å². The van der Waals surface area contributed by atoms with E-state index < -0.39 is 5.41 Å². The standard InChI is InChI=1S/C45H44N2/c1-5-17-34(2)45(35(3)18-16-33-46)42-25-11-7-10-21-39(22-12-13-23-40(42)41-24-14-15-26-43(41)45)44(47-4)32-29-36-27-30-38(31-28-36)37-19-8-6-9-20-37/h5-8,10-19,21-28,30-33H,1,4,9,20,29,46H2,2-3H3/b10-7+,11-7?,13-12?,21-10?,22-12-,23-13-,25-11+,33-16-,34-17-,35-18-,39-21+,39-22?,40-23?,42-25?,44-32-. The van der Waals surface area contributed by atoms with E-state index in [1.165, 1.54) is 50.1 Å². The molecule has 2 nitrogen and oxygen atoms in total. The zero-order valence-corrected chi connectivity index (χ0v) is 27.6. The number of nitrogens with two attached hydrogens (primary N) is 1. The summed E-state index contributed by atoms with van der Waals surface area (Å²) in [6.07, 6.45) is 40.5. The minimum atomic E-state index is -0.464. The number of fused-ring (bicyclic) bond motifs is 2. The van der Waals surface area contributed by atoms with Crippen molar-refractivity contribution in [1.82, 2.24) is 0 Å². The zero-order valence-electron chi connectivity index (χ0n) is 27.6. The average Bonchev–Trinajstić information content (AvgIpc) is 3.38. The molecule has 1 unspecified atom stereocenters. The van der Waals surface area contributed by atoms with Crippen molar-refractivity contribution in [3.63, 3.8) is 0 Å². The Morgan fingerprint density at radius 2 is 1.64 bits per heavy atom. The number of nitrogens with zero attached hydrogens (tertiary/aromatic N) is 1. The highest BCUT2D eigenvalue weighted by atomic mass is 14.7. The van der Waals surface area contributed by atoms with Crippen molar-refractivity contribution in [2.75, 3.05) is 0 Å². The van der Waals surface area contributed by atoms with Gasteiger partial charge in [0.25, 0.3) is 0 Å². The van der Waals surface area contributed by atoms with E-state index in [2.05, 4.69) is 172 Å². The van der Waals surface area contributed by atoms with E-state index in [0.717, 1.165) is 30.5 Å². The molecule has 2 heteroatoms. The lowest BCUT2D eigenvalue weighted by atomic mass is 9.66. The Kier molecular flexibility index (Phi) is 11.0. The molecule has 0 radical (unpaired) electrons. The number of aliphatic imine (C=N–C) groups is 1. The Morgan fingerprint density at radius 1 is 0.872 bits per heavy atom. The summed E-state index contributed by atoms with van der Waals surface area (Å²) in [7, 11) is 0. The Hall–Kier alpha value is -5.47.